The summed E-state index contributed by atoms with van der Waals surface area (Å²) in [5.74, 6) is -1.32. The molecule has 1 aliphatic heterocycles. The Morgan fingerprint density at radius 3 is 1.75 bits per heavy atom. The maximum atomic E-state index is 13.1. The molecule has 9 atom stereocenters. The maximum Gasteiger partial charge on any atom is 0.311 e. The van der Waals surface area contributed by atoms with Crippen molar-refractivity contribution < 1.29 is 45.3 Å². The van der Waals surface area contributed by atoms with Gasteiger partial charge in [0.05, 0.1) is 48.6 Å². The van der Waals surface area contributed by atoms with Crippen LogP contribution in [-0.4, -0.2) is 90.5 Å². The molecule has 0 bridgehead atoms. The van der Waals surface area contributed by atoms with Crippen LogP contribution in [0.1, 0.15) is 97.8 Å². The standard InChI is InChI=1S/C35H58O9/c1-4-5-6-15-18-32-34(42)24-31(40)22-29(38)20-27(36)19-28(37)21-30(39)23-33(41)25(2)16-13-11-9-7-8-10-12-14-17-26(3)44-35(32)43/h7-14,16,26-34,36-42H,4-6,15,17-24H2,1-3H3/t26-,27+,28-,29+,30-,31+,32-,33+,34+/m1/s1. The minimum absolute atomic E-state index is 0.0249. The zero-order valence-corrected chi connectivity index (χ0v) is 26.8. The van der Waals surface area contributed by atoms with Gasteiger partial charge >= 0.3 is 5.97 Å². The highest BCUT2D eigenvalue weighted by atomic mass is 16.5. The third kappa shape index (κ3) is 18.6. The third-order valence-corrected chi connectivity index (χ3v) is 7.79. The van der Waals surface area contributed by atoms with Crippen LogP contribution in [0.25, 0.3) is 0 Å². The summed E-state index contributed by atoms with van der Waals surface area (Å²) in [6.07, 6.45) is 12.7. The van der Waals surface area contributed by atoms with Crippen molar-refractivity contribution in [1.82, 2.24) is 0 Å². The van der Waals surface area contributed by atoms with Crippen LogP contribution < -0.4 is 0 Å². The van der Waals surface area contributed by atoms with Crippen LogP contribution in [-0.2, 0) is 9.53 Å². The molecule has 1 rings (SSSR count). The first-order valence-corrected chi connectivity index (χ1v) is 16.2. The molecule has 0 saturated carbocycles. The molecule has 44 heavy (non-hydrogen) atoms. The molecule has 252 valence electrons. The van der Waals surface area contributed by atoms with Crippen LogP contribution in [0.4, 0.5) is 0 Å². The van der Waals surface area contributed by atoms with Crippen LogP contribution in [0, 0.1) is 5.92 Å². The van der Waals surface area contributed by atoms with Crippen LogP contribution in [0.15, 0.2) is 60.3 Å². The molecule has 0 spiro atoms. The number of rotatable bonds is 5. The van der Waals surface area contributed by atoms with Gasteiger partial charge in [0.15, 0.2) is 0 Å². The fourth-order valence-corrected chi connectivity index (χ4v) is 5.20. The van der Waals surface area contributed by atoms with E-state index in [2.05, 4.69) is 6.92 Å². The van der Waals surface area contributed by atoms with E-state index in [0.29, 0.717) is 18.4 Å². The van der Waals surface area contributed by atoms with Crippen molar-refractivity contribution in [2.75, 3.05) is 0 Å². The summed E-state index contributed by atoms with van der Waals surface area (Å²) in [6.45, 7) is 5.62. The number of hydrogen-bond donors (Lipinski definition) is 7. The molecular weight excluding hydrogens is 564 g/mol. The number of carbonyl (C=O) groups is 1. The van der Waals surface area contributed by atoms with Gasteiger partial charge < -0.3 is 40.5 Å². The molecule has 9 nitrogen and oxygen atoms in total. The minimum atomic E-state index is -1.16. The molecule has 0 unspecified atom stereocenters. The summed E-state index contributed by atoms with van der Waals surface area (Å²) in [4.78, 5) is 13.1. The minimum Gasteiger partial charge on any atom is -0.462 e. The summed E-state index contributed by atoms with van der Waals surface area (Å²) in [5, 5.41) is 73.5. The Hall–Kier alpha value is -2.11. The molecule has 0 saturated heterocycles. The van der Waals surface area contributed by atoms with Crippen molar-refractivity contribution in [3.8, 4) is 0 Å². The van der Waals surface area contributed by atoms with Gasteiger partial charge in [-0.2, -0.15) is 0 Å². The Balaban J connectivity index is 3.01. The highest BCUT2D eigenvalue weighted by Crippen LogP contribution is 2.23. The zero-order chi connectivity index (χ0) is 32.9. The molecule has 0 aromatic heterocycles. The number of aliphatic hydroxyl groups excluding tert-OH is 7. The highest BCUT2D eigenvalue weighted by Gasteiger charge is 2.31. The second-order valence-electron chi connectivity index (χ2n) is 12.2. The van der Waals surface area contributed by atoms with Crippen LogP contribution in [0.3, 0.4) is 0 Å². The Morgan fingerprint density at radius 1 is 0.682 bits per heavy atom. The van der Waals surface area contributed by atoms with Crippen LogP contribution >= 0.6 is 0 Å². The van der Waals surface area contributed by atoms with E-state index in [1.54, 1.807) is 26.0 Å². The van der Waals surface area contributed by atoms with Gasteiger partial charge in [-0.05, 0) is 51.5 Å². The average Bonchev–Trinajstić information content (AvgIpc) is 2.92. The van der Waals surface area contributed by atoms with E-state index in [9.17, 15) is 40.5 Å². The average molecular weight is 623 g/mol. The summed E-state index contributed by atoms with van der Waals surface area (Å²) in [5.41, 5.74) is 0.652. The van der Waals surface area contributed by atoms with Gasteiger partial charge in [0.25, 0.3) is 0 Å². The molecule has 1 aliphatic rings. The molecule has 0 aliphatic carbocycles. The molecule has 0 aromatic rings. The molecule has 0 radical (unpaired) electrons. The molecule has 0 fully saturated rings. The smallest absolute Gasteiger partial charge is 0.311 e. The lowest BCUT2D eigenvalue weighted by molar-refractivity contribution is -0.158. The van der Waals surface area contributed by atoms with E-state index < -0.39 is 60.7 Å². The fourth-order valence-electron chi connectivity index (χ4n) is 5.20. The van der Waals surface area contributed by atoms with Crippen LogP contribution in [0.2, 0.25) is 0 Å². The van der Waals surface area contributed by atoms with Gasteiger partial charge in [0.1, 0.15) is 6.10 Å². The highest BCUT2D eigenvalue weighted by molar-refractivity contribution is 5.73. The normalized spacial score (nSPS) is 33.3. The quantitative estimate of drug-likeness (QED) is 0.177. The van der Waals surface area contributed by atoms with E-state index in [0.717, 1.165) is 25.7 Å². The molecular formula is C35H58O9. The van der Waals surface area contributed by atoms with Crippen molar-refractivity contribution in [1.29, 1.82) is 0 Å². The van der Waals surface area contributed by atoms with Crippen molar-refractivity contribution in [2.45, 2.75) is 147 Å². The van der Waals surface area contributed by atoms with Crippen molar-refractivity contribution in [3.05, 3.63) is 60.3 Å². The number of unbranched alkanes of at least 4 members (excludes halogenated alkanes) is 3. The van der Waals surface area contributed by atoms with E-state index >= 15 is 0 Å². The van der Waals surface area contributed by atoms with Gasteiger partial charge in [0, 0.05) is 19.3 Å². The van der Waals surface area contributed by atoms with Gasteiger partial charge in [-0.15, -0.1) is 0 Å². The third-order valence-electron chi connectivity index (χ3n) is 7.79. The summed E-state index contributed by atoms with van der Waals surface area (Å²) in [7, 11) is 0. The monoisotopic (exact) mass is 622 g/mol. The first kappa shape index (κ1) is 39.9. The predicted octanol–water partition coefficient (Wildman–Crippen LogP) is 3.95. The van der Waals surface area contributed by atoms with E-state index in [1.165, 1.54) is 0 Å². The zero-order valence-electron chi connectivity index (χ0n) is 26.8. The van der Waals surface area contributed by atoms with Gasteiger partial charge in [-0.3, -0.25) is 4.79 Å². The van der Waals surface area contributed by atoms with E-state index in [-0.39, 0.29) is 38.5 Å². The molecule has 0 amide bonds. The summed E-state index contributed by atoms with van der Waals surface area (Å²) in [6, 6.07) is 0. The Morgan fingerprint density at radius 2 is 1.18 bits per heavy atom. The molecule has 7 N–H and O–H groups in total. The van der Waals surface area contributed by atoms with Crippen molar-refractivity contribution in [2.24, 2.45) is 5.92 Å². The lowest BCUT2D eigenvalue weighted by Gasteiger charge is -2.26. The largest absolute Gasteiger partial charge is 0.462 e. The number of aliphatic hydroxyl groups is 7. The Bertz CT molecular complexity index is 925. The number of esters is 1. The van der Waals surface area contributed by atoms with Crippen molar-refractivity contribution in [3.63, 3.8) is 0 Å². The summed E-state index contributed by atoms with van der Waals surface area (Å²) >= 11 is 0. The number of allylic oxidation sites excluding steroid dienone is 8. The first-order valence-electron chi connectivity index (χ1n) is 16.2. The second-order valence-corrected chi connectivity index (χ2v) is 12.2. The Labute approximate surface area is 264 Å². The number of hydrogen-bond acceptors (Lipinski definition) is 9. The maximum absolute atomic E-state index is 13.1. The SMILES string of the molecule is CCCCCC[C@H]1C(=O)O[C@H](C)CC=CC=CC=CC=CC=C(C)[C@@H](O)C[C@H](O)C[C@H](O)C[C@H](O)C[C@H](O)C[C@H](O)C[C@@H]1O. The molecule has 0 aromatic carbocycles. The lowest BCUT2D eigenvalue weighted by atomic mass is 9.90. The predicted molar refractivity (Wildman–Crippen MR) is 172 cm³/mol. The second kappa shape index (κ2) is 23.3. The van der Waals surface area contributed by atoms with E-state index in [4.69, 9.17) is 4.74 Å². The van der Waals surface area contributed by atoms with Gasteiger partial charge in [0.2, 0.25) is 0 Å². The van der Waals surface area contributed by atoms with E-state index in [1.807, 2.05) is 42.5 Å². The number of cyclic esters (lactones) is 1. The summed E-state index contributed by atoms with van der Waals surface area (Å²) < 4.78 is 5.65. The van der Waals surface area contributed by atoms with Gasteiger partial charge in [-0.1, -0.05) is 87.3 Å². The van der Waals surface area contributed by atoms with Crippen molar-refractivity contribution >= 4 is 5.97 Å². The Kier molecular flexibility index (Phi) is 21.1. The molecule has 1 heterocycles. The van der Waals surface area contributed by atoms with Gasteiger partial charge in [-0.25, -0.2) is 0 Å². The van der Waals surface area contributed by atoms with Crippen LogP contribution in [0.5, 0.6) is 0 Å². The molecule has 9 heteroatoms. The lowest BCUT2D eigenvalue weighted by Crippen LogP contribution is -2.35. The topological polar surface area (TPSA) is 168 Å². The number of ether oxygens (including phenoxy) is 1. The first-order chi connectivity index (χ1) is 20.9. The fraction of sp³-hybridized carbons (Fsp3) is 0.686. The number of carbonyl (C=O) groups excluding carboxylic acids is 1.